The zero-order chi connectivity index (χ0) is 38.1. The number of nitrogens with one attached hydrogen (secondary N) is 1. The van der Waals surface area contributed by atoms with Gasteiger partial charge in [-0.25, -0.2) is 0 Å². The topological polar surface area (TPSA) is 127 Å². The Morgan fingerprint density at radius 2 is 1.69 bits per heavy atom. The average molecular weight is 742 g/mol. The Hall–Kier alpha value is -4.15. The number of carbonyl (C=O) groups excluding carboxylic acids is 2. The second-order valence-corrected chi connectivity index (χ2v) is 14.8. The molecule has 1 saturated heterocycles. The number of esters is 2. The fourth-order valence-electron chi connectivity index (χ4n) is 8.42. The van der Waals surface area contributed by atoms with Gasteiger partial charge in [0.05, 0.1) is 13.2 Å². The van der Waals surface area contributed by atoms with Crippen LogP contribution in [0.25, 0.3) is 35.6 Å². The molecule has 6 rings (SSSR count). The predicted octanol–water partition coefficient (Wildman–Crippen LogP) is 4.01. The molecular weight excluding hydrogens is 689 g/mol. The molecule has 0 spiro atoms. The molecule has 0 aromatic carbocycles. The molecule has 2 N–H and O–H groups in total. The molecule has 2 aliphatic heterocycles. The van der Waals surface area contributed by atoms with E-state index >= 15 is 0 Å². The van der Waals surface area contributed by atoms with Gasteiger partial charge in [0, 0.05) is 23.3 Å². The molecule has 1 aliphatic carbocycles. The minimum Gasteiger partial charge on any atom is -0.657 e. The number of methoxy groups -OCH3 is 1. The van der Waals surface area contributed by atoms with E-state index in [2.05, 4.69) is 52.6 Å². The second kappa shape index (κ2) is 17.1. The first-order valence-corrected chi connectivity index (χ1v) is 19.1. The van der Waals surface area contributed by atoms with Crippen LogP contribution in [0.4, 0.5) is 0 Å². The fraction of sp³-hybridized carbons (Fsp3) is 0.455. The Kier molecular flexibility index (Phi) is 13.0. The summed E-state index contributed by atoms with van der Waals surface area (Å²) in [6, 6.07) is -0.440. The van der Waals surface area contributed by atoms with Gasteiger partial charge in [-0.2, -0.15) is 0 Å². The quantitative estimate of drug-likeness (QED) is 0.123. The molecule has 0 radical (unpaired) electrons. The molecule has 3 aromatic rings. The average Bonchev–Trinajstić information content (AvgIpc) is 3.87. The van der Waals surface area contributed by atoms with E-state index in [9.17, 15) is 14.7 Å². The van der Waals surface area contributed by atoms with Crippen molar-refractivity contribution in [3.63, 3.8) is 0 Å². The summed E-state index contributed by atoms with van der Waals surface area (Å²) >= 11 is 0. The number of nitrogens with zero attached hydrogens (tertiary/aromatic N) is 3. The third-order valence-corrected chi connectivity index (χ3v) is 11.6. The van der Waals surface area contributed by atoms with Gasteiger partial charge in [0.15, 0.2) is 0 Å². The minimum absolute atomic E-state index is 0. The van der Waals surface area contributed by atoms with E-state index in [1.165, 1.54) is 25.5 Å². The first-order chi connectivity index (χ1) is 25.4. The van der Waals surface area contributed by atoms with E-state index in [-0.39, 0.29) is 59.6 Å². The number of fused-ring (bicyclic) bond motifs is 8. The van der Waals surface area contributed by atoms with E-state index < -0.39 is 17.9 Å². The molecule has 10 heteroatoms. The van der Waals surface area contributed by atoms with Gasteiger partial charge < -0.3 is 34.8 Å². The molecule has 3 aliphatic rings. The summed E-state index contributed by atoms with van der Waals surface area (Å²) in [7, 11) is 1.33. The van der Waals surface area contributed by atoms with Crippen LogP contribution in [-0.2, 0) is 25.5 Å². The summed E-state index contributed by atoms with van der Waals surface area (Å²) in [5, 5.41) is 18.3. The van der Waals surface area contributed by atoms with Crippen LogP contribution in [-0.4, -0.2) is 59.9 Å². The molecule has 4 atom stereocenters. The largest absolute Gasteiger partial charge is 2.00 e. The Balaban J connectivity index is 0.00000561. The summed E-state index contributed by atoms with van der Waals surface area (Å²) < 4.78 is 11.0. The SMILES string of the molecule is C=Cc1c2[n-]c(c1C)/C=C1\NC(C3=c4[n-]c(c(C)c4=C(O)[C@@H]3C(=O)OC)/C=c3\[n-]/c(c(C)c3CC)=C\2)[C@@H](CCC(=O)OC/C=C(\C)CCCCC)[C@@H]1C.[Mg+2]. The first-order valence-electron chi connectivity index (χ1n) is 19.1. The molecule has 3 aromatic heterocycles. The predicted molar refractivity (Wildman–Crippen MR) is 215 cm³/mol. The number of hydrogen-bond acceptors (Lipinski definition) is 6. The zero-order valence-electron chi connectivity index (χ0n) is 33.2. The first kappa shape index (κ1) is 41.0. The van der Waals surface area contributed by atoms with E-state index in [0.717, 1.165) is 74.9 Å². The minimum atomic E-state index is -1.03. The summed E-state index contributed by atoms with van der Waals surface area (Å²) in [5.74, 6) is -2.14. The number of ether oxygens (including phenoxy) is 2. The Morgan fingerprint density at radius 1 is 0.963 bits per heavy atom. The normalized spacial score (nSPS) is 22.3. The van der Waals surface area contributed by atoms with Gasteiger partial charge in [0.2, 0.25) is 0 Å². The van der Waals surface area contributed by atoms with Crippen molar-refractivity contribution >= 4 is 70.6 Å². The van der Waals surface area contributed by atoms with Crippen LogP contribution in [0.5, 0.6) is 0 Å². The molecule has 1 fully saturated rings. The Labute approximate surface area is 334 Å². The summed E-state index contributed by atoms with van der Waals surface area (Å²) in [6.45, 7) is 18.9. The number of aliphatic hydroxyl groups is 1. The van der Waals surface area contributed by atoms with Gasteiger partial charge in [0.1, 0.15) is 18.3 Å². The third-order valence-electron chi connectivity index (χ3n) is 11.6. The molecule has 9 nitrogen and oxygen atoms in total. The number of aliphatic hydroxyl groups excluding tert-OH is 1. The maximum absolute atomic E-state index is 13.5. The molecule has 0 amide bonds. The number of aromatic nitrogens is 3. The van der Waals surface area contributed by atoms with E-state index in [1.807, 2.05) is 38.2 Å². The van der Waals surface area contributed by atoms with Gasteiger partial charge in [-0.15, -0.1) is 33.1 Å². The Bertz CT molecular complexity index is 2270. The molecular formula is C44H53MgN4O5-. The third kappa shape index (κ3) is 7.56. The van der Waals surface area contributed by atoms with Gasteiger partial charge in [0.25, 0.3) is 0 Å². The standard InChI is InChI=1S/C44H53N4O5.Mg/c1-10-13-14-15-23(4)18-19-53-37(49)17-16-30-26(7)33-20-31-24(5)28(11-2)35(45-31)21-32-25(6)29(12-3)36(46-32)22-34-27(8)38-42(48-34)39(41(30)47-33)40(43(38)50)44(51)52-9;/h11,18,20-22,26,30,40-41,47,50H,2,10,12-17,19H2,1,3-9H3;/q-3;+2/b23-18+,32-21-,33-20-,36-22-;/t26-,30-,40+,41?;/m0./s1. The van der Waals surface area contributed by atoms with Crippen LogP contribution < -0.4 is 41.5 Å². The molecule has 282 valence electrons. The number of rotatable bonds is 12. The van der Waals surface area contributed by atoms with Crippen molar-refractivity contribution in [1.82, 2.24) is 20.3 Å². The van der Waals surface area contributed by atoms with Crippen molar-refractivity contribution in [3.05, 3.63) is 90.1 Å². The van der Waals surface area contributed by atoms with E-state index in [0.29, 0.717) is 28.3 Å². The monoisotopic (exact) mass is 741 g/mol. The van der Waals surface area contributed by atoms with Crippen LogP contribution in [0.3, 0.4) is 0 Å². The molecule has 5 heterocycles. The number of unbranched alkanes of at least 4 members (excludes halogenated alkanes) is 2. The van der Waals surface area contributed by atoms with Gasteiger partial charge in [-0.3, -0.25) is 9.59 Å². The second-order valence-electron chi connectivity index (χ2n) is 14.8. The molecule has 54 heavy (non-hydrogen) atoms. The zero-order valence-corrected chi connectivity index (χ0v) is 34.6. The van der Waals surface area contributed by atoms with Crippen molar-refractivity contribution in [2.75, 3.05) is 13.7 Å². The summed E-state index contributed by atoms with van der Waals surface area (Å²) in [4.78, 5) is 42.0. The van der Waals surface area contributed by atoms with E-state index in [4.69, 9.17) is 24.4 Å². The van der Waals surface area contributed by atoms with Gasteiger partial charge in [-0.05, 0) is 76.5 Å². The molecule has 8 bridgehead atoms. The van der Waals surface area contributed by atoms with Crippen molar-refractivity contribution in [3.8, 4) is 0 Å². The summed E-state index contributed by atoms with van der Waals surface area (Å²) in [5.41, 5.74) is 9.99. The maximum Gasteiger partial charge on any atom is 2.00 e. The summed E-state index contributed by atoms with van der Waals surface area (Å²) in [6.07, 6.45) is 15.9. The van der Waals surface area contributed by atoms with Gasteiger partial charge in [-0.1, -0.05) is 92.3 Å². The maximum atomic E-state index is 13.5. The fourth-order valence-corrected chi connectivity index (χ4v) is 8.42. The van der Waals surface area contributed by atoms with Crippen molar-refractivity contribution < 1.29 is 24.2 Å². The molecule has 0 saturated carbocycles. The van der Waals surface area contributed by atoms with Crippen LogP contribution >= 0.6 is 0 Å². The van der Waals surface area contributed by atoms with Crippen molar-refractivity contribution in [2.45, 2.75) is 99.5 Å². The Morgan fingerprint density at radius 3 is 2.37 bits per heavy atom. The number of allylic oxidation sites excluding steroid dienone is 2. The van der Waals surface area contributed by atoms with Crippen LogP contribution in [0, 0.1) is 38.5 Å². The van der Waals surface area contributed by atoms with Gasteiger partial charge >= 0.3 is 35.0 Å². The van der Waals surface area contributed by atoms with Crippen LogP contribution in [0.1, 0.15) is 111 Å². The van der Waals surface area contributed by atoms with Crippen molar-refractivity contribution in [2.24, 2.45) is 17.8 Å². The van der Waals surface area contributed by atoms with Crippen LogP contribution in [0.15, 0.2) is 23.9 Å². The van der Waals surface area contributed by atoms with E-state index in [1.54, 1.807) is 0 Å². The number of hydrogen-bond donors (Lipinski definition) is 2. The van der Waals surface area contributed by atoms with Crippen molar-refractivity contribution in [1.29, 1.82) is 0 Å². The van der Waals surface area contributed by atoms with Crippen LogP contribution in [0.2, 0.25) is 0 Å². The molecule has 1 unspecified atom stereocenters. The smallest absolute Gasteiger partial charge is 0.657 e. The number of carbonyl (C=O) groups is 2.